The Hall–Kier alpha value is 0.01000. The van der Waals surface area contributed by atoms with Gasteiger partial charge in [0.15, 0.2) is 5.79 Å². The van der Waals surface area contributed by atoms with E-state index in [1.165, 1.54) is 16.7 Å². The van der Waals surface area contributed by atoms with Crippen LogP contribution in [0, 0.1) is 5.41 Å². The zero-order chi connectivity index (χ0) is 18.0. The average Bonchev–Trinajstić information content (AvgIpc) is 2.80. The standard InChI is InChI=1S/C18H24O6S.Na.H/c1-17-8-6-13-12-7-9-18(20,24-25(21,22)23)10-11(12)2-3-14(13)15(17)4-5-16(17)19;;/h2-3,15-16,19-20H,4-10H2,1H3,(H,21,22,23);;/q;+1;-1/t15?,16-,17-,18+;;/m0../s1. The molecule has 26 heavy (non-hydrogen) atoms. The normalized spacial score (nSPS) is 35.8. The molecule has 3 aliphatic rings. The van der Waals surface area contributed by atoms with Crippen LogP contribution in [0.4, 0.5) is 0 Å². The summed E-state index contributed by atoms with van der Waals surface area (Å²) in [4.78, 5) is 0. The van der Waals surface area contributed by atoms with E-state index in [1.807, 2.05) is 6.07 Å². The molecule has 1 aromatic carbocycles. The van der Waals surface area contributed by atoms with Gasteiger partial charge in [-0.1, -0.05) is 19.1 Å². The van der Waals surface area contributed by atoms with Gasteiger partial charge in [0, 0.05) is 18.3 Å². The van der Waals surface area contributed by atoms with Crippen LogP contribution in [0.15, 0.2) is 12.1 Å². The van der Waals surface area contributed by atoms with Gasteiger partial charge in [0.1, 0.15) is 0 Å². The molecule has 1 unspecified atom stereocenters. The molecule has 0 bridgehead atoms. The Morgan fingerprint density at radius 2 is 1.88 bits per heavy atom. The molecule has 0 radical (unpaired) electrons. The largest absolute Gasteiger partial charge is 1.00 e. The molecule has 4 atom stereocenters. The van der Waals surface area contributed by atoms with Crippen LogP contribution < -0.4 is 29.6 Å². The fourth-order valence-corrected chi connectivity index (χ4v) is 5.83. The Labute approximate surface area is 177 Å². The first kappa shape index (κ1) is 20.7. The van der Waals surface area contributed by atoms with Crippen LogP contribution in [0.2, 0.25) is 0 Å². The van der Waals surface area contributed by atoms with Crippen molar-refractivity contribution in [2.24, 2.45) is 5.41 Å². The zero-order valence-electron chi connectivity index (χ0n) is 16.2. The predicted molar refractivity (Wildman–Crippen MR) is 91.6 cm³/mol. The maximum atomic E-state index is 11.0. The van der Waals surface area contributed by atoms with E-state index in [9.17, 15) is 18.6 Å². The first-order valence-electron chi connectivity index (χ1n) is 8.83. The van der Waals surface area contributed by atoms with Gasteiger partial charge in [-0.2, -0.15) is 8.42 Å². The van der Waals surface area contributed by atoms with Crippen molar-refractivity contribution in [3.8, 4) is 0 Å². The van der Waals surface area contributed by atoms with Crippen LogP contribution in [0.25, 0.3) is 0 Å². The fraction of sp³-hybridized carbons (Fsp3) is 0.667. The Kier molecular flexibility index (Phi) is 5.43. The second-order valence-corrected chi connectivity index (χ2v) is 9.08. The number of aliphatic hydroxyl groups excluding tert-OH is 1. The van der Waals surface area contributed by atoms with E-state index in [2.05, 4.69) is 17.2 Å². The van der Waals surface area contributed by atoms with E-state index < -0.39 is 16.2 Å². The molecule has 4 rings (SSSR count). The van der Waals surface area contributed by atoms with E-state index in [0.29, 0.717) is 12.3 Å². The van der Waals surface area contributed by atoms with Gasteiger partial charge in [-0.25, -0.2) is 4.18 Å². The Bertz CT molecular complexity index is 831. The average molecular weight is 392 g/mol. The Morgan fingerprint density at radius 3 is 2.58 bits per heavy atom. The molecule has 1 saturated carbocycles. The molecule has 8 heteroatoms. The van der Waals surface area contributed by atoms with Crippen LogP contribution >= 0.6 is 0 Å². The molecule has 0 spiro atoms. The van der Waals surface area contributed by atoms with Crippen molar-refractivity contribution in [1.82, 2.24) is 0 Å². The first-order chi connectivity index (χ1) is 11.6. The zero-order valence-corrected chi connectivity index (χ0v) is 18.1. The monoisotopic (exact) mass is 392 g/mol. The third kappa shape index (κ3) is 3.42. The third-order valence-electron chi connectivity index (χ3n) is 6.63. The minimum atomic E-state index is -4.71. The van der Waals surface area contributed by atoms with Crippen molar-refractivity contribution in [3.63, 3.8) is 0 Å². The van der Waals surface area contributed by atoms with Crippen LogP contribution in [0.3, 0.4) is 0 Å². The molecule has 1 aromatic rings. The number of aliphatic hydroxyl groups is 2. The first-order valence-corrected chi connectivity index (χ1v) is 10.2. The number of rotatable bonds is 2. The van der Waals surface area contributed by atoms with Gasteiger partial charge < -0.3 is 11.6 Å². The summed E-state index contributed by atoms with van der Waals surface area (Å²) < 4.78 is 35.4. The van der Waals surface area contributed by atoms with Gasteiger partial charge in [0.2, 0.25) is 0 Å². The van der Waals surface area contributed by atoms with Crippen molar-refractivity contribution in [1.29, 1.82) is 0 Å². The summed E-state index contributed by atoms with van der Waals surface area (Å²) in [6.45, 7) is 2.18. The van der Waals surface area contributed by atoms with Gasteiger partial charge >= 0.3 is 40.0 Å². The van der Waals surface area contributed by atoms with Crippen molar-refractivity contribution in [3.05, 3.63) is 34.4 Å². The van der Waals surface area contributed by atoms with Crippen molar-refractivity contribution in [2.45, 2.75) is 69.7 Å². The predicted octanol–water partition coefficient (Wildman–Crippen LogP) is -1.01. The van der Waals surface area contributed by atoms with Gasteiger partial charge in [-0.15, -0.1) is 0 Å². The van der Waals surface area contributed by atoms with Gasteiger partial charge in [0.05, 0.1) is 6.10 Å². The summed E-state index contributed by atoms with van der Waals surface area (Å²) in [5, 5.41) is 20.8. The molecule has 0 amide bonds. The molecular formula is C18H25NaO6S. The molecule has 3 aliphatic carbocycles. The number of benzene rings is 1. The van der Waals surface area contributed by atoms with Gasteiger partial charge in [-0.05, 0) is 60.3 Å². The van der Waals surface area contributed by atoms with E-state index in [-0.39, 0.29) is 55.3 Å². The van der Waals surface area contributed by atoms with Gasteiger partial charge in [-0.3, -0.25) is 4.55 Å². The quantitative estimate of drug-likeness (QED) is 0.339. The number of fused-ring (bicyclic) bond motifs is 5. The van der Waals surface area contributed by atoms with Crippen molar-refractivity contribution >= 4 is 10.4 Å². The minimum absolute atomic E-state index is 0. The van der Waals surface area contributed by atoms with Crippen LogP contribution in [-0.2, 0) is 33.8 Å². The number of hydrogen-bond donors (Lipinski definition) is 3. The summed E-state index contributed by atoms with van der Waals surface area (Å²) in [6.07, 6.45) is 4.07. The van der Waals surface area contributed by atoms with E-state index >= 15 is 0 Å². The third-order valence-corrected chi connectivity index (χ3v) is 7.15. The van der Waals surface area contributed by atoms with E-state index in [0.717, 1.165) is 31.2 Å². The fourth-order valence-electron chi connectivity index (χ4n) is 5.29. The second-order valence-electron chi connectivity index (χ2n) is 8.06. The van der Waals surface area contributed by atoms with Gasteiger partial charge in [0.25, 0.3) is 0 Å². The summed E-state index contributed by atoms with van der Waals surface area (Å²) in [7, 11) is -4.71. The van der Waals surface area contributed by atoms with Crippen LogP contribution in [0.5, 0.6) is 0 Å². The van der Waals surface area contributed by atoms with Crippen LogP contribution in [0.1, 0.15) is 62.2 Å². The van der Waals surface area contributed by atoms with E-state index in [4.69, 9.17) is 4.55 Å². The summed E-state index contributed by atoms with van der Waals surface area (Å²) in [5.74, 6) is -1.53. The molecule has 0 heterocycles. The topological polar surface area (TPSA) is 104 Å². The molecule has 6 nitrogen and oxygen atoms in total. The Morgan fingerprint density at radius 1 is 1.19 bits per heavy atom. The summed E-state index contributed by atoms with van der Waals surface area (Å²) >= 11 is 0. The summed E-state index contributed by atoms with van der Waals surface area (Å²) in [6, 6.07) is 4.00. The maximum absolute atomic E-state index is 11.0. The molecule has 1 fully saturated rings. The molecular weight excluding hydrogens is 367 g/mol. The smallest absolute Gasteiger partial charge is 1.00 e. The summed E-state index contributed by atoms with van der Waals surface area (Å²) in [5.41, 5.74) is 4.57. The number of hydrogen-bond acceptors (Lipinski definition) is 5. The van der Waals surface area contributed by atoms with Crippen molar-refractivity contribution < 1.29 is 58.4 Å². The SMILES string of the molecule is C[C@]12CCc3c(ccc4c3CC[C@@](O)(OS(=O)(=O)O)C4)C1CC[C@@H]2O.[H-].[Na+]. The minimum Gasteiger partial charge on any atom is -1.00 e. The molecule has 0 saturated heterocycles. The Balaban J connectivity index is 0.00000131. The molecule has 0 aliphatic heterocycles. The maximum Gasteiger partial charge on any atom is 1.00 e. The van der Waals surface area contributed by atoms with Crippen LogP contribution in [-0.4, -0.2) is 35.1 Å². The van der Waals surface area contributed by atoms with E-state index in [1.54, 1.807) is 0 Å². The second kappa shape index (κ2) is 6.81. The van der Waals surface area contributed by atoms with Crippen molar-refractivity contribution in [2.75, 3.05) is 0 Å². The molecule has 0 aromatic heterocycles. The molecule has 3 N–H and O–H groups in total. The molecule has 140 valence electrons.